The number of benzene rings is 1. The molecule has 0 spiro atoms. The number of rotatable bonds is 5. The van der Waals surface area contributed by atoms with E-state index in [1.807, 2.05) is 0 Å². The first-order valence-corrected chi connectivity index (χ1v) is 6.56. The smallest absolute Gasteiger partial charge is 0.268 e. The van der Waals surface area contributed by atoms with Gasteiger partial charge < -0.3 is 20.7 Å². The van der Waals surface area contributed by atoms with Crippen LogP contribution < -0.4 is 11.1 Å². The van der Waals surface area contributed by atoms with Gasteiger partial charge in [-0.25, -0.2) is 4.39 Å². The monoisotopic (exact) mass is 305 g/mol. The van der Waals surface area contributed by atoms with E-state index in [1.54, 1.807) is 7.05 Å². The van der Waals surface area contributed by atoms with Gasteiger partial charge in [-0.2, -0.15) is 0 Å². The number of aryl methyl sites for hydroxylation is 1. The first-order valence-electron chi connectivity index (χ1n) is 6.56. The Bertz CT molecular complexity index is 695. The molecule has 0 fully saturated rings. The number of carbonyl (C=O) groups is 2. The molecular formula is C15H16FN3O3. The number of nitrogens with zero attached hydrogens (tertiary/aromatic N) is 1. The van der Waals surface area contributed by atoms with E-state index in [0.717, 1.165) is 0 Å². The summed E-state index contributed by atoms with van der Waals surface area (Å²) in [4.78, 5) is 23.1. The highest BCUT2D eigenvalue weighted by Gasteiger charge is 2.16. The highest BCUT2D eigenvalue weighted by molar-refractivity contribution is 5.98. The van der Waals surface area contributed by atoms with Gasteiger partial charge >= 0.3 is 0 Å². The fraction of sp³-hybridized carbons (Fsp3) is 0.200. The van der Waals surface area contributed by atoms with E-state index >= 15 is 0 Å². The van der Waals surface area contributed by atoms with Crippen LogP contribution in [0.15, 0.2) is 36.5 Å². The Hall–Kier alpha value is -2.67. The third kappa shape index (κ3) is 3.50. The molecule has 0 aliphatic rings. The molecule has 1 unspecified atom stereocenters. The predicted molar refractivity (Wildman–Crippen MR) is 77.6 cm³/mol. The molecule has 4 N–H and O–H groups in total. The van der Waals surface area contributed by atoms with Crippen molar-refractivity contribution in [3.05, 3.63) is 59.2 Å². The van der Waals surface area contributed by atoms with E-state index in [4.69, 9.17) is 5.73 Å². The summed E-state index contributed by atoms with van der Waals surface area (Å²) in [6.45, 7) is -0.0401. The summed E-state index contributed by atoms with van der Waals surface area (Å²) in [6, 6.07) is 6.73. The van der Waals surface area contributed by atoms with Crippen molar-refractivity contribution in [3.8, 4) is 0 Å². The second-order valence-electron chi connectivity index (χ2n) is 4.87. The van der Waals surface area contributed by atoms with Gasteiger partial charge in [0.1, 0.15) is 11.5 Å². The van der Waals surface area contributed by atoms with Crippen molar-refractivity contribution in [1.29, 1.82) is 0 Å². The van der Waals surface area contributed by atoms with Crippen LogP contribution in [-0.2, 0) is 7.05 Å². The SMILES string of the molecule is Cn1cc(C(N)=O)cc1C(=O)NCC(O)c1ccc(F)cc1. The number of aromatic nitrogens is 1. The molecule has 0 bridgehead atoms. The first-order chi connectivity index (χ1) is 10.4. The van der Waals surface area contributed by atoms with Gasteiger partial charge in [0.05, 0.1) is 11.7 Å². The third-order valence-corrected chi connectivity index (χ3v) is 3.23. The Kier molecular flexibility index (Phi) is 4.57. The summed E-state index contributed by atoms with van der Waals surface area (Å²) >= 11 is 0. The molecule has 2 amide bonds. The van der Waals surface area contributed by atoms with Crippen LogP contribution in [0.3, 0.4) is 0 Å². The first kappa shape index (κ1) is 15.7. The lowest BCUT2D eigenvalue weighted by molar-refractivity contribution is 0.0908. The fourth-order valence-corrected chi connectivity index (χ4v) is 2.01. The maximum Gasteiger partial charge on any atom is 0.268 e. The van der Waals surface area contributed by atoms with E-state index in [2.05, 4.69) is 5.32 Å². The third-order valence-electron chi connectivity index (χ3n) is 3.23. The van der Waals surface area contributed by atoms with Gasteiger partial charge in [-0.15, -0.1) is 0 Å². The maximum atomic E-state index is 12.8. The van der Waals surface area contributed by atoms with E-state index < -0.39 is 23.7 Å². The minimum atomic E-state index is -0.958. The van der Waals surface area contributed by atoms with Crippen molar-refractivity contribution < 1.29 is 19.1 Å². The van der Waals surface area contributed by atoms with Crippen LogP contribution in [0.25, 0.3) is 0 Å². The van der Waals surface area contributed by atoms with E-state index in [-0.39, 0.29) is 17.8 Å². The van der Waals surface area contributed by atoms with Crippen LogP contribution in [0.5, 0.6) is 0 Å². The molecular weight excluding hydrogens is 289 g/mol. The Labute approximate surface area is 126 Å². The second-order valence-corrected chi connectivity index (χ2v) is 4.87. The topological polar surface area (TPSA) is 97.4 Å². The summed E-state index contributed by atoms with van der Waals surface area (Å²) in [5, 5.41) is 12.5. The number of amides is 2. The molecule has 0 aliphatic heterocycles. The molecule has 116 valence electrons. The molecule has 0 saturated heterocycles. The quantitative estimate of drug-likeness (QED) is 0.759. The minimum absolute atomic E-state index is 0.0401. The van der Waals surface area contributed by atoms with Crippen molar-refractivity contribution in [2.45, 2.75) is 6.10 Å². The largest absolute Gasteiger partial charge is 0.387 e. The molecule has 22 heavy (non-hydrogen) atoms. The lowest BCUT2D eigenvalue weighted by Crippen LogP contribution is -2.29. The molecule has 1 atom stereocenters. The molecule has 1 aromatic carbocycles. The van der Waals surface area contributed by atoms with Gasteiger partial charge in [0.2, 0.25) is 5.91 Å². The Morgan fingerprint density at radius 3 is 2.55 bits per heavy atom. The van der Waals surface area contributed by atoms with Gasteiger partial charge in [0.25, 0.3) is 5.91 Å². The normalized spacial score (nSPS) is 12.0. The Morgan fingerprint density at radius 2 is 2.00 bits per heavy atom. The number of aliphatic hydroxyl groups is 1. The Morgan fingerprint density at radius 1 is 1.36 bits per heavy atom. The number of hydrogen-bond donors (Lipinski definition) is 3. The summed E-state index contributed by atoms with van der Waals surface area (Å²) < 4.78 is 14.3. The van der Waals surface area contributed by atoms with Gasteiger partial charge in [-0.1, -0.05) is 12.1 Å². The van der Waals surface area contributed by atoms with Crippen molar-refractivity contribution in [2.75, 3.05) is 6.54 Å². The zero-order valence-corrected chi connectivity index (χ0v) is 11.9. The van der Waals surface area contributed by atoms with Crippen molar-refractivity contribution >= 4 is 11.8 Å². The molecule has 0 saturated carbocycles. The highest BCUT2D eigenvalue weighted by Crippen LogP contribution is 2.13. The molecule has 1 aromatic heterocycles. The van der Waals surface area contributed by atoms with E-state index in [9.17, 15) is 19.1 Å². The number of hydrogen-bond acceptors (Lipinski definition) is 3. The minimum Gasteiger partial charge on any atom is -0.387 e. The van der Waals surface area contributed by atoms with E-state index in [1.165, 1.54) is 41.1 Å². The number of carbonyl (C=O) groups excluding carboxylic acids is 2. The fourth-order valence-electron chi connectivity index (χ4n) is 2.01. The van der Waals surface area contributed by atoms with Crippen LogP contribution in [-0.4, -0.2) is 28.0 Å². The lowest BCUT2D eigenvalue weighted by atomic mass is 10.1. The number of aliphatic hydroxyl groups excluding tert-OH is 1. The van der Waals surface area contributed by atoms with Crippen LogP contribution in [0.4, 0.5) is 4.39 Å². The zero-order valence-electron chi connectivity index (χ0n) is 11.9. The zero-order chi connectivity index (χ0) is 16.3. The standard InChI is InChI=1S/C15H16FN3O3/c1-19-8-10(14(17)21)6-12(19)15(22)18-7-13(20)9-2-4-11(16)5-3-9/h2-6,8,13,20H,7H2,1H3,(H2,17,21)(H,18,22). The van der Waals surface area contributed by atoms with E-state index in [0.29, 0.717) is 5.56 Å². The van der Waals surface area contributed by atoms with Crippen molar-refractivity contribution in [2.24, 2.45) is 12.8 Å². The van der Waals surface area contributed by atoms with Gasteiger partial charge in [0.15, 0.2) is 0 Å². The molecule has 1 heterocycles. The lowest BCUT2D eigenvalue weighted by Gasteiger charge is -2.12. The predicted octanol–water partition coefficient (Wildman–Crippen LogP) is 0.727. The molecule has 6 nitrogen and oxygen atoms in total. The van der Waals surface area contributed by atoms with Crippen LogP contribution in [0.2, 0.25) is 0 Å². The maximum absolute atomic E-state index is 12.8. The number of primary amides is 1. The van der Waals surface area contributed by atoms with Crippen LogP contribution >= 0.6 is 0 Å². The summed E-state index contributed by atoms with van der Waals surface area (Å²) in [7, 11) is 1.61. The highest BCUT2D eigenvalue weighted by atomic mass is 19.1. The number of nitrogens with two attached hydrogens (primary N) is 1. The van der Waals surface area contributed by atoms with Gasteiger partial charge in [-0.3, -0.25) is 9.59 Å². The molecule has 0 radical (unpaired) electrons. The average molecular weight is 305 g/mol. The van der Waals surface area contributed by atoms with Crippen LogP contribution in [0, 0.1) is 5.82 Å². The van der Waals surface area contributed by atoms with Gasteiger partial charge in [-0.05, 0) is 23.8 Å². The Balaban J connectivity index is 2.00. The number of nitrogens with one attached hydrogen (secondary N) is 1. The summed E-state index contributed by atoms with van der Waals surface area (Å²) in [5.74, 6) is -1.47. The average Bonchev–Trinajstić information content (AvgIpc) is 2.87. The molecule has 7 heteroatoms. The summed E-state index contributed by atoms with van der Waals surface area (Å²) in [5.41, 5.74) is 6.12. The molecule has 2 aromatic rings. The van der Waals surface area contributed by atoms with Crippen LogP contribution in [0.1, 0.15) is 32.5 Å². The van der Waals surface area contributed by atoms with Gasteiger partial charge in [0, 0.05) is 19.8 Å². The second kappa shape index (κ2) is 6.40. The molecule has 2 rings (SSSR count). The van der Waals surface area contributed by atoms with Crippen molar-refractivity contribution in [3.63, 3.8) is 0 Å². The summed E-state index contributed by atoms with van der Waals surface area (Å²) in [6.07, 6.45) is 0.494. The number of halogens is 1. The molecule has 0 aliphatic carbocycles. The van der Waals surface area contributed by atoms with Crippen molar-refractivity contribution in [1.82, 2.24) is 9.88 Å².